The molecule has 1 saturated heterocycles. The molecule has 3 heterocycles. The Morgan fingerprint density at radius 1 is 1.14 bits per heavy atom. The lowest BCUT2D eigenvalue weighted by Crippen LogP contribution is -2.55. The number of nitrogens with zero attached hydrogens (tertiary/aromatic N) is 5. The van der Waals surface area contributed by atoms with E-state index in [0.29, 0.717) is 51.3 Å². The average Bonchev–Trinajstić information content (AvgIpc) is 3.10. The number of hydrogen-bond donors (Lipinski definition) is 0. The molecular formula is C20H31N5O4. The van der Waals surface area contributed by atoms with Crippen LogP contribution in [0.1, 0.15) is 56.8 Å². The molecule has 29 heavy (non-hydrogen) atoms. The molecule has 0 unspecified atom stereocenters. The molecule has 1 fully saturated rings. The number of imidazole rings is 1. The van der Waals surface area contributed by atoms with Crippen LogP contribution in [0, 0.1) is 0 Å². The van der Waals surface area contributed by atoms with Gasteiger partial charge in [0.05, 0.1) is 12.6 Å². The van der Waals surface area contributed by atoms with Crippen molar-refractivity contribution in [3.63, 3.8) is 0 Å². The molecule has 0 aromatic carbocycles. The molecule has 0 saturated carbocycles. The molecule has 1 aromatic rings. The molecular weight excluding hydrogens is 374 g/mol. The van der Waals surface area contributed by atoms with Gasteiger partial charge in [0.1, 0.15) is 11.5 Å². The van der Waals surface area contributed by atoms with Crippen LogP contribution in [0.4, 0.5) is 4.79 Å². The van der Waals surface area contributed by atoms with Gasteiger partial charge >= 0.3 is 6.09 Å². The quantitative estimate of drug-likeness (QED) is 0.764. The maximum atomic E-state index is 13.1. The number of fused-ring (bicyclic) bond motifs is 1. The van der Waals surface area contributed by atoms with Crippen molar-refractivity contribution in [3.05, 3.63) is 17.7 Å². The second kappa shape index (κ2) is 8.04. The highest BCUT2D eigenvalue weighted by Crippen LogP contribution is 2.29. The maximum absolute atomic E-state index is 13.1. The molecule has 160 valence electrons. The predicted molar refractivity (Wildman–Crippen MR) is 106 cm³/mol. The normalized spacial score (nSPS) is 18.4. The van der Waals surface area contributed by atoms with Crippen LogP contribution < -0.4 is 0 Å². The summed E-state index contributed by atoms with van der Waals surface area (Å²) < 4.78 is 7.22. The van der Waals surface area contributed by atoms with Crippen LogP contribution in [0.25, 0.3) is 0 Å². The van der Waals surface area contributed by atoms with Crippen LogP contribution in [0.15, 0.2) is 6.20 Å². The Balaban J connectivity index is 1.65. The Morgan fingerprint density at radius 2 is 1.79 bits per heavy atom. The van der Waals surface area contributed by atoms with E-state index in [0.717, 1.165) is 5.82 Å². The molecule has 3 rings (SSSR count). The zero-order valence-corrected chi connectivity index (χ0v) is 18.0. The van der Waals surface area contributed by atoms with E-state index in [1.807, 2.05) is 25.3 Å². The van der Waals surface area contributed by atoms with Crippen molar-refractivity contribution in [1.29, 1.82) is 0 Å². The lowest BCUT2D eigenvalue weighted by atomic mass is 9.88. The highest BCUT2D eigenvalue weighted by Gasteiger charge is 2.39. The number of aromatic nitrogens is 2. The molecule has 0 aliphatic carbocycles. The SMILES string of the molecule is CC(=O)N1CCn2cc(C(=O)N(C)C3(C)CCN(C(=O)OC(C)C)CC3)nc2C1. The summed E-state index contributed by atoms with van der Waals surface area (Å²) in [4.78, 5) is 46.5. The summed E-state index contributed by atoms with van der Waals surface area (Å²) in [5.74, 6) is 0.612. The van der Waals surface area contributed by atoms with Crippen molar-refractivity contribution in [2.75, 3.05) is 26.7 Å². The van der Waals surface area contributed by atoms with E-state index in [1.165, 1.54) is 0 Å². The van der Waals surface area contributed by atoms with E-state index in [-0.39, 0.29) is 29.6 Å². The molecule has 9 heteroatoms. The number of likely N-dealkylation sites (tertiary alicyclic amines) is 1. The molecule has 0 atom stereocenters. The largest absolute Gasteiger partial charge is 0.447 e. The van der Waals surface area contributed by atoms with Crippen molar-refractivity contribution in [1.82, 2.24) is 24.3 Å². The first-order chi connectivity index (χ1) is 13.6. The first-order valence-corrected chi connectivity index (χ1v) is 10.2. The van der Waals surface area contributed by atoms with E-state index >= 15 is 0 Å². The van der Waals surface area contributed by atoms with Gasteiger partial charge in [-0.05, 0) is 33.6 Å². The van der Waals surface area contributed by atoms with Crippen LogP contribution in [0.3, 0.4) is 0 Å². The third-order valence-corrected chi connectivity index (χ3v) is 6.02. The van der Waals surface area contributed by atoms with Gasteiger partial charge in [0.25, 0.3) is 5.91 Å². The standard InChI is InChI=1S/C20H31N5O4/c1-14(2)29-19(28)23-8-6-20(4,7-9-23)22(5)18(27)16-12-25-11-10-24(15(3)26)13-17(25)21-16/h12,14H,6-11,13H2,1-5H3. The first kappa shape index (κ1) is 21.1. The van der Waals surface area contributed by atoms with Gasteiger partial charge in [0.15, 0.2) is 0 Å². The molecule has 0 spiro atoms. The first-order valence-electron chi connectivity index (χ1n) is 10.2. The van der Waals surface area contributed by atoms with Crippen LogP contribution >= 0.6 is 0 Å². The number of piperidine rings is 1. The van der Waals surface area contributed by atoms with Gasteiger partial charge < -0.3 is 24.0 Å². The Morgan fingerprint density at radius 3 is 2.38 bits per heavy atom. The highest BCUT2D eigenvalue weighted by atomic mass is 16.6. The summed E-state index contributed by atoms with van der Waals surface area (Å²) in [6.45, 7) is 10.0. The zero-order chi connectivity index (χ0) is 21.3. The van der Waals surface area contributed by atoms with Crippen molar-refractivity contribution < 1.29 is 19.1 Å². The predicted octanol–water partition coefficient (Wildman–Crippen LogP) is 1.72. The molecule has 1 aromatic heterocycles. The van der Waals surface area contributed by atoms with Gasteiger partial charge in [0, 0.05) is 51.9 Å². The van der Waals surface area contributed by atoms with E-state index in [2.05, 4.69) is 4.98 Å². The minimum Gasteiger partial charge on any atom is -0.447 e. The molecule has 9 nitrogen and oxygen atoms in total. The lowest BCUT2D eigenvalue weighted by molar-refractivity contribution is -0.130. The smallest absolute Gasteiger partial charge is 0.410 e. The second-order valence-electron chi connectivity index (χ2n) is 8.46. The monoisotopic (exact) mass is 405 g/mol. The van der Waals surface area contributed by atoms with E-state index < -0.39 is 0 Å². The molecule has 0 N–H and O–H groups in total. The van der Waals surface area contributed by atoms with Gasteiger partial charge in [-0.3, -0.25) is 9.59 Å². The van der Waals surface area contributed by atoms with Crippen molar-refractivity contribution in [2.45, 2.75) is 65.3 Å². The molecule has 2 aliphatic heterocycles. The summed E-state index contributed by atoms with van der Waals surface area (Å²) in [5, 5.41) is 0. The summed E-state index contributed by atoms with van der Waals surface area (Å²) in [5.41, 5.74) is 0.0390. The molecule has 0 radical (unpaired) electrons. The van der Waals surface area contributed by atoms with Gasteiger partial charge in [0.2, 0.25) is 5.91 Å². The number of carbonyl (C=O) groups is 3. The highest BCUT2D eigenvalue weighted by molar-refractivity contribution is 5.92. The number of amides is 3. The third-order valence-electron chi connectivity index (χ3n) is 6.02. The van der Waals surface area contributed by atoms with E-state index in [1.54, 1.807) is 34.9 Å². The maximum Gasteiger partial charge on any atom is 0.410 e. The van der Waals surface area contributed by atoms with Gasteiger partial charge in [-0.25, -0.2) is 9.78 Å². The Bertz CT molecular complexity index is 795. The lowest BCUT2D eigenvalue weighted by Gasteiger charge is -2.44. The summed E-state index contributed by atoms with van der Waals surface area (Å²) in [7, 11) is 1.80. The minimum absolute atomic E-state index is 0.0134. The Labute approximate surface area is 171 Å². The van der Waals surface area contributed by atoms with Crippen LogP contribution in [0.5, 0.6) is 0 Å². The number of carbonyl (C=O) groups excluding carboxylic acids is 3. The van der Waals surface area contributed by atoms with Gasteiger partial charge in [-0.2, -0.15) is 0 Å². The van der Waals surface area contributed by atoms with E-state index in [9.17, 15) is 14.4 Å². The van der Waals surface area contributed by atoms with E-state index in [4.69, 9.17) is 4.74 Å². The fraction of sp³-hybridized carbons (Fsp3) is 0.700. The van der Waals surface area contributed by atoms with Crippen molar-refractivity contribution in [3.8, 4) is 0 Å². The molecule has 3 amide bonds. The zero-order valence-electron chi connectivity index (χ0n) is 18.0. The number of hydrogen-bond acceptors (Lipinski definition) is 5. The van der Waals surface area contributed by atoms with Crippen molar-refractivity contribution >= 4 is 17.9 Å². The molecule has 0 bridgehead atoms. The van der Waals surface area contributed by atoms with Gasteiger partial charge in [-0.1, -0.05) is 0 Å². The van der Waals surface area contributed by atoms with Crippen LogP contribution in [0.2, 0.25) is 0 Å². The van der Waals surface area contributed by atoms with Crippen LogP contribution in [-0.2, 0) is 22.6 Å². The topological polar surface area (TPSA) is 88.0 Å². The summed E-state index contributed by atoms with van der Waals surface area (Å²) >= 11 is 0. The Kier molecular flexibility index (Phi) is 5.86. The van der Waals surface area contributed by atoms with Crippen LogP contribution in [-0.4, -0.2) is 80.5 Å². The number of rotatable bonds is 3. The number of ether oxygens (including phenoxy) is 1. The second-order valence-corrected chi connectivity index (χ2v) is 8.46. The Hall–Kier alpha value is -2.58. The summed E-state index contributed by atoms with van der Waals surface area (Å²) in [6, 6.07) is 0. The minimum atomic E-state index is -0.360. The average molecular weight is 405 g/mol. The molecule has 2 aliphatic rings. The fourth-order valence-corrected chi connectivity index (χ4v) is 3.82. The van der Waals surface area contributed by atoms with Crippen molar-refractivity contribution in [2.24, 2.45) is 0 Å². The summed E-state index contributed by atoms with van der Waals surface area (Å²) in [6.07, 6.45) is 2.69. The fourth-order valence-electron chi connectivity index (χ4n) is 3.82. The van der Waals surface area contributed by atoms with Gasteiger partial charge in [-0.15, -0.1) is 0 Å². The third kappa shape index (κ3) is 4.38.